The van der Waals surface area contributed by atoms with Crippen molar-refractivity contribution >= 4 is 51.2 Å². The van der Waals surface area contributed by atoms with Crippen molar-refractivity contribution in [3.8, 4) is 27.9 Å². The number of pyridine rings is 1. The van der Waals surface area contributed by atoms with Crippen LogP contribution in [0.2, 0.25) is 0 Å². The van der Waals surface area contributed by atoms with E-state index in [4.69, 9.17) is 4.98 Å². The highest BCUT2D eigenvalue weighted by atomic mass is 15.2. The molecule has 8 aromatic rings. The van der Waals surface area contributed by atoms with E-state index in [9.17, 15) is 0 Å². The molecule has 5 aliphatic rings. The van der Waals surface area contributed by atoms with Crippen molar-refractivity contribution in [1.82, 2.24) is 14.1 Å². The molecule has 1 atom stereocenters. The number of anilines is 2. The smallest absolute Gasteiger partial charge is 0.120 e. The molecular weight excluding hydrogens is 695 g/mol. The summed E-state index contributed by atoms with van der Waals surface area (Å²) in [6, 6.07) is 45.7. The molecule has 2 N–H and O–H groups in total. The molecule has 0 fully saturated rings. The average Bonchev–Trinajstić information content (AvgIpc) is 3.98. The van der Waals surface area contributed by atoms with E-state index in [0.717, 1.165) is 36.5 Å². The van der Waals surface area contributed by atoms with E-state index >= 15 is 0 Å². The van der Waals surface area contributed by atoms with E-state index in [1.807, 2.05) is 6.20 Å². The Labute approximate surface area is 330 Å². The van der Waals surface area contributed by atoms with Crippen LogP contribution in [-0.4, -0.2) is 27.2 Å². The Hall–Kier alpha value is -7.11. The highest BCUT2D eigenvalue weighted by Gasteiger charge is 2.51. The van der Waals surface area contributed by atoms with Gasteiger partial charge in [0.05, 0.1) is 39.4 Å². The lowest BCUT2D eigenvalue weighted by Crippen LogP contribution is -2.25. The van der Waals surface area contributed by atoms with E-state index in [2.05, 4.69) is 184 Å². The molecule has 13 rings (SSSR count). The van der Waals surface area contributed by atoms with E-state index < -0.39 is 0 Å². The van der Waals surface area contributed by atoms with Gasteiger partial charge in [-0.05, 0) is 105 Å². The first-order chi connectivity index (χ1) is 28.3. The Kier molecular flexibility index (Phi) is 6.26. The number of aromatic nitrogens is 3. The normalized spacial score (nSPS) is 17.4. The predicted octanol–water partition coefficient (Wildman–Crippen LogP) is 11.8. The molecule has 57 heavy (non-hydrogen) atoms. The molecule has 5 nitrogen and oxygen atoms in total. The van der Waals surface area contributed by atoms with Crippen LogP contribution >= 0.6 is 0 Å². The topological polar surface area (TPSA) is 46.8 Å². The zero-order chi connectivity index (χ0) is 37.2. The van der Waals surface area contributed by atoms with Crippen molar-refractivity contribution in [2.45, 2.75) is 17.9 Å². The van der Waals surface area contributed by atoms with Gasteiger partial charge in [-0.25, -0.2) is 0 Å². The number of hydrogen-bond acceptors (Lipinski definition) is 3. The van der Waals surface area contributed by atoms with Crippen molar-refractivity contribution in [3.63, 3.8) is 0 Å². The Bertz CT molecular complexity index is 3120. The second-order valence-corrected chi connectivity index (χ2v) is 15.8. The molecule has 3 aliphatic carbocycles. The van der Waals surface area contributed by atoms with Crippen molar-refractivity contribution in [2.24, 2.45) is 0 Å². The van der Waals surface area contributed by atoms with Crippen LogP contribution in [0, 0.1) is 0 Å². The molecule has 270 valence electrons. The van der Waals surface area contributed by atoms with E-state index in [0.29, 0.717) is 0 Å². The monoisotopic (exact) mass is 731 g/mol. The van der Waals surface area contributed by atoms with Crippen LogP contribution in [0.5, 0.6) is 0 Å². The maximum Gasteiger partial charge on any atom is 0.120 e. The van der Waals surface area contributed by atoms with Gasteiger partial charge in [0.2, 0.25) is 0 Å². The highest BCUT2D eigenvalue weighted by Crippen LogP contribution is 2.63. The third-order valence-electron chi connectivity index (χ3n) is 13.1. The molecule has 5 aromatic carbocycles. The van der Waals surface area contributed by atoms with E-state index in [1.165, 1.54) is 89.0 Å². The van der Waals surface area contributed by atoms with Crippen molar-refractivity contribution in [2.75, 3.05) is 23.7 Å². The Morgan fingerprint density at radius 2 is 1.33 bits per heavy atom. The molecule has 0 saturated carbocycles. The molecular formula is C52H37N5. The summed E-state index contributed by atoms with van der Waals surface area (Å²) in [4.78, 5) is 5.03. The molecule has 0 bridgehead atoms. The van der Waals surface area contributed by atoms with Crippen LogP contribution in [-0.2, 0) is 5.41 Å². The second-order valence-electron chi connectivity index (χ2n) is 15.8. The third kappa shape index (κ3) is 4.05. The van der Waals surface area contributed by atoms with Gasteiger partial charge in [-0.1, -0.05) is 121 Å². The number of allylic oxidation sites excluding steroid dienone is 4. The molecule has 0 saturated heterocycles. The minimum atomic E-state index is -0.386. The van der Waals surface area contributed by atoms with E-state index in [-0.39, 0.29) is 11.5 Å². The largest absolute Gasteiger partial charge is 0.379 e. The molecule has 5 heteroatoms. The first-order valence-electron chi connectivity index (χ1n) is 20.1. The highest BCUT2D eigenvalue weighted by molar-refractivity contribution is 6.10. The summed E-state index contributed by atoms with van der Waals surface area (Å²) >= 11 is 0. The maximum atomic E-state index is 5.03. The van der Waals surface area contributed by atoms with Gasteiger partial charge in [-0.2, -0.15) is 0 Å². The molecule has 1 spiro atoms. The fraction of sp³-hybridized carbons (Fsp3) is 0.0962. The van der Waals surface area contributed by atoms with Gasteiger partial charge in [0.1, 0.15) is 5.82 Å². The second kappa shape index (κ2) is 11.5. The van der Waals surface area contributed by atoms with Crippen molar-refractivity contribution < 1.29 is 0 Å². The number of benzene rings is 5. The van der Waals surface area contributed by atoms with E-state index in [1.54, 1.807) is 0 Å². The summed E-state index contributed by atoms with van der Waals surface area (Å²) in [7, 11) is 0. The van der Waals surface area contributed by atoms with Gasteiger partial charge in [0.15, 0.2) is 0 Å². The fourth-order valence-electron chi connectivity index (χ4n) is 10.8. The Balaban J connectivity index is 0.923. The summed E-state index contributed by atoms with van der Waals surface area (Å²) in [6.07, 6.45) is 18.8. The third-order valence-corrected chi connectivity index (χ3v) is 13.1. The zero-order valence-electron chi connectivity index (χ0n) is 31.2. The lowest BCUT2D eigenvalue weighted by molar-refractivity contribution is 0.648. The van der Waals surface area contributed by atoms with Crippen molar-refractivity contribution in [1.29, 1.82) is 0 Å². The zero-order valence-corrected chi connectivity index (χ0v) is 31.2. The average molecular weight is 732 g/mol. The molecule has 0 unspecified atom stereocenters. The summed E-state index contributed by atoms with van der Waals surface area (Å²) in [5, 5.41) is 8.43. The molecule has 0 amide bonds. The number of fused-ring (bicyclic) bond motifs is 16. The minimum absolute atomic E-state index is 0.148. The number of nitrogens with one attached hydrogen (secondary N) is 2. The fourth-order valence-corrected chi connectivity index (χ4v) is 10.8. The first kappa shape index (κ1) is 31.1. The van der Waals surface area contributed by atoms with Crippen LogP contribution in [0.15, 0.2) is 158 Å². The number of rotatable bonds is 3. The van der Waals surface area contributed by atoms with Crippen LogP contribution < -0.4 is 10.6 Å². The van der Waals surface area contributed by atoms with Gasteiger partial charge < -0.3 is 15.2 Å². The SMILES string of the molecule is C1=Cc2c(c3c(n2-c2ccc(C4=CC[C@@H](n5c6cc7c(cc6c6ncccc65)-c5ccccc5C75c6ccccc6-c6ccccc65)C=C4)cc2)NCC=C3)NC1. The van der Waals surface area contributed by atoms with Gasteiger partial charge in [0, 0.05) is 35.9 Å². The lowest BCUT2D eigenvalue weighted by Gasteiger charge is -2.30. The Morgan fingerprint density at radius 3 is 2.07 bits per heavy atom. The molecule has 3 aromatic heterocycles. The minimum Gasteiger partial charge on any atom is -0.379 e. The molecule has 5 heterocycles. The van der Waals surface area contributed by atoms with Crippen LogP contribution in [0.4, 0.5) is 11.5 Å². The predicted molar refractivity (Wildman–Crippen MR) is 235 cm³/mol. The molecule has 0 radical (unpaired) electrons. The van der Waals surface area contributed by atoms with Crippen molar-refractivity contribution in [3.05, 3.63) is 197 Å². The standard InChI is InChI=1S/C52H37N5/c1-4-14-42-36(10-1)37-11-2-5-15-43(37)52(42)44-16-6-3-12-38(44)40-30-41-48(31-45(40)52)56(46-17-8-28-54-50(41)46)34-23-19-32(20-24-34)33-21-25-35(26-22-33)57-47-18-9-27-53-49(47)39-13-7-29-55-51(39)57/h1-23,25-26,28,30-31,34,53,55H,24,27,29H2/t34-/m0/s1. The van der Waals surface area contributed by atoms with Crippen LogP contribution in [0.25, 0.3) is 67.6 Å². The number of nitrogens with zero attached hydrogens (tertiary/aromatic N) is 3. The molecule has 2 aliphatic heterocycles. The summed E-state index contributed by atoms with van der Waals surface area (Å²) in [6.45, 7) is 1.68. The van der Waals surface area contributed by atoms with Crippen LogP contribution in [0.1, 0.15) is 51.5 Å². The van der Waals surface area contributed by atoms with Gasteiger partial charge >= 0.3 is 0 Å². The summed E-state index contributed by atoms with van der Waals surface area (Å²) < 4.78 is 4.90. The van der Waals surface area contributed by atoms with Gasteiger partial charge in [-0.15, -0.1) is 0 Å². The first-order valence-corrected chi connectivity index (χ1v) is 20.1. The number of hydrogen-bond donors (Lipinski definition) is 2. The quantitative estimate of drug-likeness (QED) is 0.190. The lowest BCUT2D eigenvalue weighted by atomic mass is 9.70. The maximum absolute atomic E-state index is 5.03. The Morgan fingerprint density at radius 1 is 0.632 bits per heavy atom. The van der Waals surface area contributed by atoms with Crippen LogP contribution in [0.3, 0.4) is 0 Å². The van der Waals surface area contributed by atoms with Gasteiger partial charge in [-0.3, -0.25) is 9.55 Å². The summed E-state index contributed by atoms with van der Waals surface area (Å²) in [5.41, 5.74) is 21.1. The van der Waals surface area contributed by atoms with Gasteiger partial charge in [0.25, 0.3) is 0 Å². The summed E-state index contributed by atoms with van der Waals surface area (Å²) in [5.74, 6) is 1.15.